The Morgan fingerprint density at radius 1 is 1.00 bits per heavy atom. The molecule has 0 fully saturated rings. The molecule has 0 saturated heterocycles. The Morgan fingerprint density at radius 3 is 2.45 bits per heavy atom. The van der Waals surface area contributed by atoms with E-state index < -0.39 is 0 Å². The van der Waals surface area contributed by atoms with Crippen LogP contribution >= 0.6 is 34.3 Å². The van der Waals surface area contributed by atoms with E-state index in [0.29, 0.717) is 6.42 Å². The molecule has 0 bridgehead atoms. The fourth-order valence-electron chi connectivity index (χ4n) is 2.07. The summed E-state index contributed by atoms with van der Waals surface area (Å²) in [5.41, 5.74) is 2.30. The summed E-state index contributed by atoms with van der Waals surface area (Å²) in [6, 6.07) is 16.3. The second-order valence-electron chi connectivity index (χ2n) is 4.29. The van der Waals surface area contributed by atoms with Crippen LogP contribution in [0.1, 0.15) is 4.88 Å². The molecule has 4 heteroatoms. The van der Waals surface area contributed by atoms with E-state index in [-0.39, 0.29) is 0 Å². The summed E-state index contributed by atoms with van der Waals surface area (Å²) in [4.78, 5) is 14.3. The molecule has 0 aliphatic carbocycles. The zero-order valence-corrected chi connectivity index (χ0v) is 12.9. The van der Waals surface area contributed by atoms with E-state index in [4.69, 9.17) is 11.6 Å². The molecule has 0 amide bonds. The minimum absolute atomic E-state index is 0.447. The maximum Gasteiger partial charge on any atom is 0.125 e. The van der Waals surface area contributed by atoms with Gasteiger partial charge < -0.3 is 4.79 Å². The molecule has 2 heterocycles. The number of carbonyl (C=O) groups excluding carboxylic acids is 1. The number of hydrogen-bond acceptors (Lipinski definition) is 3. The number of carbonyl (C=O) groups is 1. The molecule has 1 nitrogen and oxygen atoms in total. The second kappa shape index (κ2) is 5.92. The molecule has 20 heavy (non-hydrogen) atoms. The molecule has 3 aromatic rings. The molecule has 0 saturated carbocycles. The Kier molecular flexibility index (Phi) is 4.01. The van der Waals surface area contributed by atoms with Crippen molar-refractivity contribution in [3.63, 3.8) is 0 Å². The van der Waals surface area contributed by atoms with Gasteiger partial charge in [-0.3, -0.25) is 0 Å². The lowest BCUT2D eigenvalue weighted by molar-refractivity contribution is -0.107. The third-order valence-electron chi connectivity index (χ3n) is 2.97. The van der Waals surface area contributed by atoms with Crippen LogP contribution in [0.5, 0.6) is 0 Å². The highest BCUT2D eigenvalue weighted by Gasteiger charge is 2.13. The molecule has 0 atom stereocenters. The highest BCUT2D eigenvalue weighted by atomic mass is 35.5. The van der Waals surface area contributed by atoms with E-state index in [0.717, 1.165) is 25.9 Å². The van der Waals surface area contributed by atoms with E-state index in [9.17, 15) is 4.79 Å². The lowest BCUT2D eigenvalue weighted by Crippen LogP contribution is -1.82. The number of benzene rings is 1. The van der Waals surface area contributed by atoms with Gasteiger partial charge in [0.15, 0.2) is 0 Å². The van der Waals surface area contributed by atoms with Gasteiger partial charge in [-0.25, -0.2) is 0 Å². The number of hydrogen-bond donors (Lipinski definition) is 0. The van der Waals surface area contributed by atoms with E-state index in [1.807, 2.05) is 30.3 Å². The predicted molar refractivity (Wildman–Crippen MR) is 87.8 cm³/mol. The van der Waals surface area contributed by atoms with Crippen LogP contribution in [0.2, 0.25) is 4.34 Å². The molecule has 2 aromatic heterocycles. The number of rotatable bonds is 4. The van der Waals surface area contributed by atoms with Crippen LogP contribution in [0.25, 0.3) is 20.9 Å². The standard InChI is InChI=1S/C16H11ClOS2/c17-16-7-6-13(20-16)12-10-15(19-14(12)8-9-18)11-4-2-1-3-5-11/h1-7,9-10H,8H2. The minimum Gasteiger partial charge on any atom is -0.303 e. The van der Waals surface area contributed by atoms with Crippen molar-refractivity contribution < 1.29 is 4.79 Å². The largest absolute Gasteiger partial charge is 0.303 e. The van der Waals surface area contributed by atoms with Crippen LogP contribution in [0.15, 0.2) is 48.5 Å². The molecule has 0 aliphatic heterocycles. The summed E-state index contributed by atoms with van der Waals surface area (Å²) in [5, 5.41) is 0. The molecule has 0 radical (unpaired) electrons. The first-order valence-electron chi connectivity index (χ1n) is 6.15. The van der Waals surface area contributed by atoms with Gasteiger partial charge in [0.25, 0.3) is 0 Å². The summed E-state index contributed by atoms with van der Waals surface area (Å²) < 4.78 is 0.768. The Hall–Kier alpha value is -1.42. The third kappa shape index (κ3) is 2.70. The van der Waals surface area contributed by atoms with Crippen molar-refractivity contribution >= 4 is 40.6 Å². The van der Waals surface area contributed by atoms with Gasteiger partial charge in [0.2, 0.25) is 0 Å². The van der Waals surface area contributed by atoms with Crippen LogP contribution in [0.3, 0.4) is 0 Å². The summed E-state index contributed by atoms with van der Waals surface area (Å²) in [6.45, 7) is 0. The highest BCUT2D eigenvalue weighted by Crippen LogP contribution is 2.40. The van der Waals surface area contributed by atoms with Crippen molar-refractivity contribution in [3.05, 3.63) is 57.7 Å². The maximum atomic E-state index is 10.9. The van der Waals surface area contributed by atoms with E-state index in [2.05, 4.69) is 18.2 Å². The first kappa shape index (κ1) is 13.6. The number of aldehydes is 1. The lowest BCUT2D eigenvalue weighted by Gasteiger charge is -1.95. The van der Waals surface area contributed by atoms with Crippen molar-refractivity contribution in [2.24, 2.45) is 0 Å². The second-order valence-corrected chi connectivity index (χ2v) is 7.14. The third-order valence-corrected chi connectivity index (χ3v) is 5.45. The van der Waals surface area contributed by atoms with E-state index in [1.54, 1.807) is 22.7 Å². The van der Waals surface area contributed by atoms with Gasteiger partial charge in [-0.05, 0) is 23.8 Å². The molecular formula is C16H11ClOS2. The van der Waals surface area contributed by atoms with Crippen molar-refractivity contribution in [2.45, 2.75) is 6.42 Å². The average molecular weight is 319 g/mol. The molecule has 0 aliphatic rings. The first-order valence-corrected chi connectivity index (χ1v) is 8.16. The van der Waals surface area contributed by atoms with Gasteiger partial charge in [0.05, 0.1) is 4.34 Å². The van der Waals surface area contributed by atoms with Crippen LogP contribution in [-0.4, -0.2) is 6.29 Å². The Morgan fingerprint density at radius 2 is 1.80 bits per heavy atom. The Balaban J connectivity index is 2.09. The van der Waals surface area contributed by atoms with Crippen molar-refractivity contribution in [3.8, 4) is 20.9 Å². The predicted octanol–water partition coefficient (Wildman–Crippen LogP) is 5.54. The monoisotopic (exact) mass is 318 g/mol. The maximum absolute atomic E-state index is 10.9. The quantitative estimate of drug-likeness (QED) is 0.577. The fraction of sp³-hybridized carbons (Fsp3) is 0.0625. The topological polar surface area (TPSA) is 17.1 Å². The van der Waals surface area contributed by atoms with Crippen molar-refractivity contribution in [1.29, 1.82) is 0 Å². The van der Waals surface area contributed by atoms with Crippen molar-refractivity contribution in [1.82, 2.24) is 0 Å². The molecule has 100 valence electrons. The Labute approximate surface area is 130 Å². The summed E-state index contributed by atoms with van der Waals surface area (Å²) in [7, 11) is 0. The number of thiophene rings is 2. The average Bonchev–Trinajstić information content (AvgIpc) is 3.07. The highest BCUT2D eigenvalue weighted by molar-refractivity contribution is 7.20. The Bertz CT molecular complexity index is 728. The summed E-state index contributed by atoms with van der Waals surface area (Å²) in [5.74, 6) is 0. The SMILES string of the molecule is O=CCc1sc(-c2ccccc2)cc1-c1ccc(Cl)s1. The first-order chi connectivity index (χ1) is 9.78. The van der Waals surface area contributed by atoms with Gasteiger partial charge in [0, 0.05) is 26.6 Å². The minimum atomic E-state index is 0.447. The molecule has 0 unspecified atom stereocenters. The molecule has 1 aromatic carbocycles. The fourth-order valence-corrected chi connectivity index (χ4v) is 4.35. The van der Waals surface area contributed by atoms with E-state index in [1.165, 1.54) is 10.4 Å². The zero-order chi connectivity index (χ0) is 13.9. The van der Waals surface area contributed by atoms with Gasteiger partial charge in [-0.1, -0.05) is 41.9 Å². The van der Waals surface area contributed by atoms with Crippen LogP contribution in [-0.2, 0) is 11.2 Å². The normalized spacial score (nSPS) is 10.7. The van der Waals surface area contributed by atoms with Gasteiger partial charge in [0.1, 0.15) is 6.29 Å². The molecule has 0 N–H and O–H groups in total. The number of halogens is 1. The summed E-state index contributed by atoms with van der Waals surface area (Å²) >= 11 is 9.24. The van der Waals surface area contributed by atoms with E-state index >= 15 is 0 Å². The molecule has 3 rings (SSSR count). The summed E-state index contributed by atoms with van der Waals surface area (Å²) in [6.07, 6.45) is 1.40. The van der Waals surface area contributed by atoms with Gasteiger partial charge >= 0.3 is 0 Å². The molecule has 0 spiro atoms. The smallest absolute Gasteiger partial charge is 0.125 e. The van der Waals surface area contributed by atoms with Gasteiger partial charge in [-0.15, -0.1) is 22.7 Å². The van der Waals surface area contributed by atoms with Gasteiger partial charge in [-0.2, -0.15) is 0 Å². The van der Waals surface area contributed by atoms with Crippen LogP contribution in [0.4, 0.5) is 0 Å². The molecular weight excluding hydrogens is 308 g/mol. The zero-order valence-electron chi connectivity index (χ0n) is 10.5. The van der Waals surface area contributed by atoms with Crippen molar-refractivity contribution in [2.75, 3.05) is 0 Å². The van der Waals surface area contributed by atoms with Crippen LogP contribution in [0, 0.1) is 0 Å². The van der Waals surface area contributed by atoms with Crippen LogP contribution < -0.4 is 0 Å². The lowest BCUT2D eigenvalue weighted by atomic mass is 10.1.